The van der Waals surface area contributed by atoms with Crippen molar-refractivity contribution in [1.29, 1.82) is 0 Å². The molecule has 4 fully saturated rings. The molecular formula is C68H52N2. The summed E-state index contributed by atoms with van der Waals surface area (Å²) in [4.78, 5) is 5.08. The average Bonchev–Trinajstić information content (AvgIpc) is 3.73. The molecule has 334 valence electrons. The number of para-hydroxylation sites is 3. The summed E-state index contributed by atoms with van der Waals surface area (Å²) in [6, 6.07) is 86.8. The summed E-state index contributed by atoms with van der Waals surface area (Å²) in [5.41, 5.74) is 18.2. The Morgan fingerprint density at radius 2 is 0.800 bits per heavy atom. The minimum Gasteiger partial charge on any atom is -0.310 e. The van der Waals surface area contributed by atoms with Gasteiger partial charge in [0.05, 0.1) is 17.1 Å². The monoisotopic (exact) mass is 896 g/mol. The molecule has 1 spiro atoms. The van der Waals surface area contributed by atoms with E-state index in [-0.39, 0.29) is 5.41 Å². The van der Waals surface area contributed by atoms with Crippen molar-refractivity contribution >= 4 is 66.4 Å². The van der Waals surface area contributed by atoms with E-state index in [2.05, 4.69) is 240 Å². The molecule has 5 aliphatic rings. The molecule has 4 bridgehead atoms. The van der Waals surface area contributed by atoms with Crippen LogP contribution in [-0.2, 0) is 5.41 Å². The molecule has 0 amide bonds. The van der Waals surface area contributed by atoms with Crippen LogP contribution in [0.4, 0.5) is 34.1 Å². The fraction of sp³-hybridized carbons (Fsp3) is 0.147. The Kier molecular flexibility index (Phi) is 8.88. The Morgan fingerprint density at radius 1 is 0.329 bits per heavy atom. The average molecular weight is 897 g/mol. The predicted molar refractivity (Wildman–Crippen MR) is 294 cm³/mol. The molecule has 70 heavy (non-hydrogen) atoms. The normalized spacial score (nSPS) is 20.6. The van der Waals surface area contributed by atoms with Gasteiger partial charge in [0.15, 0.2) is 0 Å². The van der Waals surface area contributed by atoms with Gasteiger partial charge in [0.1, 0.15) is 0 Å². The van der Waals surface area contributed by atoms with Crippen molar-refractivity contribution in [2.24, 2.45) is 23.7 Å². The van der Waals surface area contributed by atoms with Gasteiger partial charge in [-0.1, -0.05) is 164 Å². The van der Waals surface area contributed by atoms with Crippen LogP contribution in [0.3, 0.4) is 0 Å². The zero-order valence-corrected chi connectivity index (χ0v) is 39.2. The van der Waals surface area contributed by atoms with Crippen molar-refractivity contribution in [3.63, 3.8) is 0 Å². The molecule has 0 heterocycles. The Morgan fingerprint density at radius 3 is 1.39 bits per heavy atom. The lowest BCUT2D eigenvalue weighted by Gasteiger charge is -2.61. The molecule has 0 aliphatic heterocycles. The maximum absolute atomic E-state index is 2.66. The molecule has 0 aromatic heterocycles. The van der Waals surface area contributed by atoms with Crippen LogP contribution in [0.1, 0.15) is 43.2 Å². The highest BCUT2D eigenvalue weighted by Gasteiger charge is 2.62. The van der Waals surface area contributed by atoms with Crippen LogP contribution in [0, 0.1) is 23.7 Å². The SMILES string of the molecule is c1ccc(-c2cccc(-c3ccc4c(c3)-c3cccc(N(c5ccccc5)c5ccc6ccc7c(N(c8ccccc8)c8ccccc8)ccc8ccc5c6c87)c3C43C4CC5CC(C4)CC3C5)c2)cc1. The molecule has 5 aliphatic carbocycles. The summed E-state index contributed by atoms with van der Waals surface area (Å²) in [6.45, 7) is 0. The van der Waals surface area contributed by atoms with Gasteiger partial charge in [-0.25, -0.2) is 0 Å². The lowest BCUT2D eigenvalue weighted by atomic mass is 9.43. The molecule has 11 aromatic rings. The lowest BCUT2D eigenvalue weighted by Crippen LogP contribution is -2.55. The molecule has 16 rings (SSSR count). The van der Waals surface area contributed by atoms with E-state index in [9.17, 15) is 0 Å². The number of fused-ring (bicyclic) bond motifs is 3. The smallest absolute Gasteiger partial charge is 0.0540 e. The molecule has 0 N–H and O–H groups in total. The van der Waals surface area contributed by atoms with Gasteiger partial charge in [-0.3, -0.25) is 0 Å². The third kappa shape index (κ3) is 5.86. The van der Waals surface area contributed by atoms with Crippen molar-refractivity contribution in [2.45, 2.75) is 37.5 Å². The van der Waals surface area contributed by atoms with E-state index in [1.807, 2.05) is 0 Å². The third-order valence-corrected chi connectivity index (χ3v) is 17.3. The first kappa shape index (κ1) is 40.0. The van der Waals surface area contributed by atoms with E-state index in [1.165, 1.54) is 121 Å². The number of anilines is 6. The Bertz CT molecular complexity index is 3720. The summed E-state index contributed by atoms with van der Waals surface area (Å²) in [5, 5.41) is 7.68. The predicted octanol–water partition coefficient (Wildman–Crippen LogP) is 18.6. The van der Waals surface area contributed by atoms with Gasteiger partial charge in [-0.15, -0.1) is 0 Å². The van der Waals surface area contributed by atoms with Crippen LogP contribution in [-0.4, -0.2) is 0 Å². The second-order valence-corrected chi connectivity index (χ2v) is 20.8. The van der Waals surface area contributed by atoms with Crippen LogP contribution in [0.15, 0.2) is 231 Å². The molecule has 0 atom stereocenters. The highest BCUT2D eigenvalue weighted by Crippen LogP contribution is 2.71. The van der Waals surface area contributed by atoms with E-state index in [0.717, 1.165) is 23.2 Å². The second kappa shape index (κ2) is 15.5. The van der Waals surface area contributed by atoms with Gasteiger partial charge >= 0.3 is 0 Å². The minimum absolute atomic E-state index is 0.0524. The zero-order valence-electron chi connectivity index (χ0n) is 39.2. The highest BCUT2D eigenvalue weighted by atomic mass is 15.2. The van der Waals surface area contributed by atoms with Gasteiger partial charge in [-0.05, 0) is 189 Å². The summed E-state index contributed by atoms with van der Waals surface area (Å²) in [5.74, 6) is 2.93. The van der Waals surface area contributed by atoms with Gasteiger partial charge in [0.25, 0.3) is 0 Å². The van der Waals surface area contributed by atoms with Crippen LogP contribution in [0.2, 0.25) is 0 Å². The fourth-order valence-corrected chi connectivity index (χ4v) is 14.8. The van der Waals surface area contributed by atoms with Gasteiger partial charge < -0.3 is 9.80 Å². The fourth-order valence-electron chi connectivity index (χ4n) is 14.8. The first-order valence-corrected chi connectivity index (χ1v) is 25.6. The van der Waals surface area contributed by atoms with Gasteiger partial charge in [0.2, 0.25) is 0 Å². The number of nitrogens with zero attached hydrogens (tertiary/aromatic N) is 2. The highest BCUT2D eigenvalue weighted by molar-refractivity contribution is 6.28. The van der Waals surface area contributed by atoms with Gasteiger partial charge in [0, 0.05) is 33.2 Å². The topological polar surface area (TPSA) is 6.48 Å². The van der Waals surface area contributed by atoms with Crippen molar-refractivity contribution in [3.05, 3.63) is 242 Å². The summed E-state index contributed by atoms with van der Waals surface area (Å²) >= 11 is 0. The molecule has 0 saturated heterocycles. The van der Waals surface area contributed by atoms with E-state index >= 15 is 0 Å². The van der Waals surface area contributed by atoms with Crippen molar-refractivity contribution in [3.8, 4) is 33.4 Å². The molecule has 2 heteroatoms. The number of hydrogen-bond acceptors (Lipinski definition) is 2. The quantitative estimate of drug-likeness (QED) is 0.140. The molecule has 4 saturated carbocycles. The molecule has 2 nitrogen and oxygen atoms in total. The van der Waals surface area contributed by atoms with E-state index < -0.39 is 0 Å². The Labute approximate surface area is 410 Å². The molecule has 0 radical (unpaired) electrons. The number of hydrogen-bond donors (Lipinski definition) is 0. The Balaban J connectivity index is 0.960. The van der Waals surface area contributed by atoms with Crippen molar-refractivity contribution in [2.75, 3.05) is 9.80 Å². The molecule has 11 aromatic carbocycles. The van der Waals surface area contributed by atoms with Gasteiger partial charge in [-0.2, -0.15) is 0 Å². The van der Waals surface area contributed by atoms with E-state index in [0.29, 0.717) is 11.8 Å². The maximum atomic E-state index is 2.66. The maximum Gasteiger partial charge on any atom is 0.0540 e. The number of rotatable bonds is 8. The first-order chi connectivity index (χ1) is 34.7. The van der Waals surface area contributed by atoms with Crippen LogP contribution in [0.25, 0.3) is 65.7 Å². The summed E-state index contributed by atoms with van der Waals surface area (Å²) < 4.78 is 0. The van der Waals surface area contributed by atoms with Crippen LogP contribution >= 0.6 is 0 Å². The third-order valence-electron chi connectivity index (χ3n) is 17.3. The van der Waals surface area contributed by atoms with Crippen LogP contribution in [0.5, 0.6) is 0 Å². The molecule has 0 unspecified atom stereocenters. The summed E-state index contributed by atoms with van der Waals surface area (Å²) in [7, 11) is 0. The minimum atomic E-state index is -0.0524. The van der Waals surface area contributed by atoms with Crippen LogP contribution < -0.4 is 9.80 Å². The first-order valence-electron chi connectivity index (χ1n) is 25.6. The largest absolute Gasteiger partial charge is 0.310 e. The van der Waals surface area contributed by atoms with E-state index in [1.54, 1.807) is 11.1 Å². The second-order valence-electron chi connectivity index (χ2n) is 20.8. The number of benzene rings is 11. The van der Waals surface area contributed by atoms with Crippen molar-refractivity contribution in [1.82, 2.24) is 0 Å². The van der Waals surface area contributed by atoms with Crippen molar-refractivity contribution < 1.29 is 0 Å². The molecular weight excluding hydrogens is 845 g/mol. The standard InChI is InChI=1S/C68H52N2/c1-5-15-46(16-6-1)49-17-13-18-50(42-49)51-29-34-61-60(43-51)57-25-14-26-64(67(57)68(61)52-38-44-37-45(40-52)41-53(68)39-44)70(56-23-11-4-12-24-56)63-36-31-48-27-32-58-62(35-30-47-28-33-59(63)66(48)65(47)58)69(54-19-7-2-8-20-54)55-21-9-3-10-22-55/h1-36,42-45,52-53H,37-41H2. The Hall–Kier alpha value is -7.94. The van der Waals surface area contributed by atoms with E-state index in [4.69, 9.17) is 0 Å². The lowest BCUT2D eigenvalue weighted by molar-refractivity contribution is -0.0397. The zero-order chi connectivity index (χ0) is 45.9. The summed E-state index contributed by atoms with van der Waals surface area (Å²) in [6.07, 6.45) is 6.75.